The van der Waals surface area contributed by atoms with Crippen LogP contribution in [0.5, 0.6) is 0 Å². The number of hydrogen-bond donors (Lipinski definition) is 1. The highest BCUT2D eigenvalue weighted by Gasteiger charge is 2.10. The van der Waals surface area contributed by atoms with Gasteiger partial charge in [-0.1, -0.05) is 18.7 Å². The van der Waals surface area contributed by atoms with Gasteiger partial charge >= 0.3 is 5.76 Å². The summed E-state index contributed by atoms with van der Waals surface area (Å²) in [5.74, 6) is -0.568. The second-order valence-electron chi connectivity index (χ2n) is 3.69. The van der Waals surface area contributed by atoms with Gasteiger partial charge in [0.05, 0.1) is 5.52 Å². The van der Waals surface area contributed by atoms with Crippen molar-refractivity contribution < 1.29 is 9.21 Å². The molecule has 0 amide bonds. The summed E-state index contributed by atoms with van der Waals surface area (Å²) in [6.07, 6.45) is 0.202. The van der Waals surface area contributed by atoms with Crippen LogP contribution in [0.15, 0.2) is 39.6 Å². The number of aromatic nitrogens is 1. The van der Waals surface area contributed by atoms with E-state index in [1.807, 2.05) is 0 Å². The van der Waals surface area contributed by atoms with Crippen molar-refractivity contribution in [3.63, 3.8) is 0 Å². The Morgan fingerprint density at radius 2 is 2.25 bits per heavy atom. The van der Waals surface area contributed by atoms with E-state index in [9.17, 15) is 9.59 Å². The van der Waals surface area contributed by atoms with Gasteiger partial charge in [-0.2, -0.15) is 0 Å². The summed E-state index contributed by atoms with van der Waals surface area (Å²) in [5.41, 5.74) is 2.25. The largest absolute Gasteiger partial charge is 0.417 e. The predicted molar refractivity (Wildman–Crippen MR) is 60.4 cm³/mol. The van der Waals surface area contributed by atoms with E-state index in [0.717, 1.165) is 0 Å². The minimum atomic E-state index is -0.509. The van der Waals surface area contributed by atoms with Gasteiger partial charge in [-0.3, -0.25) is 9.78 Å². The number of carbonyl (C=O) groups is 1. The Bertz CT molecular complexity index is 618. The summed E-state index contributed by atoms with van der Waals surface area (Å²) in [4.78, 5) is 25.1. The number of aromatic amines is 1. The third kappa shape index (κ3) is 1.82. The van der Waals surface area contributed by atoms with Gasteiger partial charge < -0.3 is 4.42 Å². The molecule has 0 saturated carbocycles. The Labute approximate surface area is 91.6 Å². The lowest BCUT2D eigenvalue weighted by Crippen LogP contribution is -2.03. The van der Waals surface area contributed by atoms with E-state index in [1.165, 1.54) is 0 Å². The molecule has 0 fully saturated rings. The third-order valence-corrected chi connectivity index (χ3v) is 2.36. The molecule has 0 unspecified atom stereocenters. The molecule has 1 N–H and O–H groups in total. The molecule has 0 radical (unpaired) electrons. The van der Waals surface area contributed by atoms with Crippen LogP contribution in [0.2, 0.25) is 0 Å². The van der Waals surface area contributed by atoms with Gasteiger partial charge in [-0.15, -0.1) is 0 Å². The zero-order valence-corrected chi connectivity index (χ0v) is 8.87. The van der Waals surface area contributed by atoms with Crippen molar-refractivity contribution >= 4 is 16.9 Å². The number of Topliss-reactive ketones (excluding diaryl/α,β-unsaturated/α-hetero) is 1. The molecule has 0 saturated heterocycles. The number of carbonyl (C=O) groups excluding carboxylic acids is 1. The van der Waals surface area contributed by atoms with Gasteiger partial charge in [0.25, 0.3) is 0 Å². The minimum absolute atomic E-state index is 0.0589. The Balaban J connectivity index is 2.48. The van der Waals surface area contributed by atoms with Crippen molar-refractivity contribution in [1.82, 2.24) is 4.98 Å². The van der Waals surface area contributed by atoms with Crippen molar-refractivity contribution in [2.75, 3.05) is 0 Å². The highest BCUT2D eigenvalue weighted by Crippen LogP contribution is 2.17. The fourth-order valence-electron chi connectivity index (χ4n) is 1.50. The van der Waals surface area contributed by atoms with Crippen LogP contribution < -0.4 is 5.76 Å². The summed E-state index contributed by atoms with van der Waals surface area (Å²) in [6, 6.07) is 5.27. The number of H-pyrrole nitrogens is 1. The Kier molecular flexibility index (Phi) is 2.48. The van der Waals surface area contributed by atoms with Crippen LogP contribution in [0.4, 0.5) is 0 Å². The summed E-state index contributed by atoms with van der Waals surface area (Å²) in [6.45, 7) is 5.25. The molecule has 0 atom stereocenters. The van der Waals surface area contributed by atoms with E-state index in [0.29, 0.717) is 22.2 Å². The van der Waals surface area contributed by atoms with E-state index >= 15 is 0 Å². The van der Waals surface area contributed by atoms with Crippen LogP contribution >= 0.6 is 0 Å². The van der Waals surface area contributed by atoms with Crippen molar-refractivity contribution in [2.45, 2.75) is 13.3 Å². The first-order valence-corrected chi connectivity index (χ1v) is 4.87. The summed E-state index contributed by atoms with van der Waals surface area (Å²) < 4.78 is 4.99. The maximum Gasteiger partial charge on any atom is 0.417 e. The number of oxazole rings is 1. The van der Waals surface area contributed by atoms with E-state index in [4.69, 9.17) is 4.42 Å². The van der Waals surface area contributed by atoms with Crippen molar-refractivity contribution in [1.29, 1.82) is 0 Å². The van der Waals surface area contributed by atoms with Gasteiger partial charge in [-0.25, -0.2) is 4.79 Å². The molecule has 1 aromatic heterocycles. The van der Waals surface area contributed by atoms with Gasteiger partial charge in [0.1, 0.15) is 0 Å². The van der Waals surface area contributed by atoms with Crippen LogP contribution in [0.1, 0.15) is 12.5 Å². The highest BCUT2D eigenvalue weighted by molar-refractivity contribution is 5.97. The average Bonchev–Trinajstić information content (AvgIpc) is 2.59. The van der Waals surface area contributed by atoms with Gasteiger partial charge in [-0.05, 0) is 18.6 Å². The van der Waals surface area contributed by atoms with Crippen LogP contribution in [-0.4, -0.2) is 10.8 Å². The zero-order chi connectivity index (χ0) is 11.7. The molecule has 82 valence electrons. The number of hydrogen-bond acceptors (Lipinski definition) is 3. The normalized spacial score (nSPS) is 10.6. The molecule has 2 rings (SSSR count). The van der Waals surface area contributed by atoms with Crippen molar-refractivity contribution in [2.24, 2.45) is 0 Å². The maximum absolute atomic E-state index is 11.5. The molecule has 0 aliphatic carbocycles. The lowest BCUT2D eigenvalue weighted by molar-refractivity contribution is -0.114. The second-order valence-corrected chi connectivity index (χ2v) is 3.69. The number of allylic oxidation sites excluding steroid dienone is 1. The van der Waals surface area contributed by atoms with Gasteiger partial charge in [0.2, 0.25) is 0 Å². The molecule has 0 bridgehead atoms. The molecule has 4 nitrogen and oxygen atoms in total. The second kappa shape index (κ2) is 3.81. The number of nitrogens with one attached hydrogen (secondary N) is 1. The predicted octanol–water partition coefficient (Wildman–Crippen LogP) is 1.81. The molecule has 16 heavy (non-hydrogen) atoms. The monoisotopic (exact) mass is 217 g/mol. The molecule has 4 heteroatoms. The number of rotatable bonds is 3. The molecule has 0 spiro atoms. The highest BCUT2D eigenvalue weighted by atomic mass is 16.4. The van der Waals surface area contributed by atoms with Gasteiger partial charge in [0, 0.05) is 12.0 Å². The topological polar surface area (TPSA) is 63.1 Å². The third-order valence-electron chi connectivity index (χ3n) is 2.36. The van der Waals surface area contributed by atoms with Crippen LogP contribution in [0.3, 0.4) is 0 Å². The SMILES string of the molecule is C=C(C)C(=O)Cc1cccc2[nH]c(=O)oc12. The molecular formula is C12H11NO3. The molecule has 0 aliphatic heterocycles. The number of ketones is 1. The van der Waals surface area contributed by atoms with Crippen LogP contribution in [0, 0.1) is 0 Å². The first-order valence-electron chi connectivity index (χ1n) is 4.87. The lowest BCUT2D eigenvalue weighted by Gasteiger charge is -2.00. The number of benzene rings is 1. The Hall–Kier alpha value is -2.10. The fraction of sp³-hybridized carbons (Fsp3) is 0.167. The average molecular weight is 217 g/mol. The maximum atomic E-state index is 11.5. The van der Waals surface area contributed by atoms with E-state index < -0.39 is 5.76 Å². The Morgan fingerprint density at radius 3 is 2.94 bits per heavy atom. The molecule has 0 aliphatic rings. The summed E-state index contributed by atoms with van der Waals surface area (Å²) in [7, 11) is 0. The molecule has 2 aromatic rings. The van der Waals surface area contributed by atoms with Crippen molar-refractivity contribution in [3.8, 4) is 0 Å². The first-order chi connectivity index (χ1) is 7.58. The van der Waals surface area contributed by atoms with E-state index in [-0.39, 0.29) is 12.2 Å². The summed E-state index contributed by atoms with van der Waals surface area (Å²) >= 11 is 0. The molecule has 1 aromatic carbocycles. The van der Waals surface area contributed by atoms with Crippen LogP contribution in [0.25, 0.3) is 11.1 Å². The zero-order valence-electron chi connectivity index (χ0n) is 8.87. The minimum Gasteiger partial charge on any atom is -0.408 e. The van der Waals surface area contributed by atoms with Crippen LogP contribution in [-0.2, 0) is 11.2 Å². The van der Waals surface area contributed by atoms with Crippen molar-refractivity contribution in [3.05, 3.63) is 46.5 Å². The number of para-hydroxylation sites is 1. The standard InChI is InChI=1S/C12H11NO3/c1-7(2)10(14)6-8-4-3-5-9-11(8)16-12(15)13-9/h3-5H,1,6H2,2H3,(H,13,15). The quantitative estimate of drug-likeness (QED) is 0.797. The van der Waals surface area contributed by atoms with Gasteiger partial charge in [0.15, 0.2) is 11.4 Å². The fourth-order valence-corrected chi connectivity index (χ4v) is 1.50. The lowest BCUT2D eigenvalue weighted by atomic mass is 10.0. The smallest absolute Gasteiger partial charge is 0.408 e. The summed E-state index contributed by atoms with van der Waals surface area (Å²) in [5, 5.41) is 0. The molecular weight excluding hydrogens is 206 g/mol. The van der Waals surface area contributed by atoms with E-state index in [2.05, 4.69) is 11.6 Å². The first kappa shape index (κ1) is 10.4. The Morgan fingerprint density at radius 1 is 1.50 bits per heavy atom. The number of fused-ring (bicyclic) bond motifs is 1. The van der Waals surface area contributed by atoms with E-state index in [1.54, 1.807) is 25.1 Å². The molecule has 1 heterocycles.